The highest BCUT2D eigenvalue weighted by Gasteiger charge is 2.23. The van der Waals surface area contributed by atoms with Gasteiger partial charge in [-0.25, -0.2) is 4.98 Å². The number of hydrogen-bond donors (Lipinski definition) is 2. The summed E-state index contributed by atoms with van der Waals surface area (Å²) in [7, 11) is 4.54. The molecule has 0 saturated carbocycles. The second kappa shape index (κ2) is 6.97. The van der Waals surface area contributed by atoms with Crippen molar-refractivity contribution >= 4 is 11.4 Å². The van der Waals surface area contributed by atoms with Gasteiger partial charge in [0.1, 0.15) is 6.61 Å². The third-order valence-electron chi connectivity index (χ3n) is 3.59. The Kier molecular flexibility index (Phi) is 5.86. The summed E-state index contributed by atoms with van der Waals surface area (Å²) in [6.45, 7) is 6.10. The number of piperazine rings is 1. The maximum atomic E-state index is 5.79. The van der Waals surface area contributed by atoms with E-state index < -0.39 is 0 Å². The number of pyridine rings is 1. The van der Waals surface area contributed by atoms with Crippen molar-refractivity contribution in [2.24, 2.45) is 0 Å². The Balaban J connectivity index is 0.00000200. The molecule has 0 aliphatic carbocycles. The van der Waals surface area contributed by atoms with E-state index in [0.717, 1.165) is 24.1 Å². The first kappa shape index (κ1) is 16.8. The molecule has 0 bridgehead atoms. The number of nitrogens with zero attached hydrogens (tertiary/aromatic N) is 3. The van der Waals surface area contributed by atoms with Crippen molar-refractivity contribution in [1.29, 1.82) is 0 Å². The number of likely N-dealkylation sites (N-methyl/N-ethyl adjacent to an activating group) is 1. The van der Waals surface area contributed by atoms with Gasteiger partial charge in [0, 0.05) is 19.6 Å². The first-order chi connectivity index (χ1) is 8.96. The smallest absolute Gasteiger partial charge is 0.237 e. The van der Waals surface area contributed by atoms with Crippen molar-refractivity contribution in [3.63, 3.8) is 0 Å². The Morgan fingerprint density at radius 2 is 1.95 bits per heavy atom. The molecular weight excluding hydrogens is 278 g/mol. The van der Waals surface area contributed by atoms with Gasteiger partial charge in [-0.2, -0.15) is 0 Å². The molecule has 0 spiro atoms. The molecule has 1 aliphatic heterocycles. The standard InChI is InChI=1S/C13H24N5O.ClH/c1-18(2)6-3-17(4-7-18)5-8-19-13-12(15)9-11(14)10-16-13;/h9-10H,3-8,14-15H2,1-2H3;1H/q+1;/p-1. The number of anilines is 2. The molecule has 7 heteroatoms. The molecule has 0 aromatic carbocycles. The van der Waals surface area contributed by atoms with E-state index >= 15 is 0 Å². The number of aromatic nitrogens is 1. The molecule has 2 rings (SSSR count). The van der Waals surface area contributed by atoms with Gasteiger partial charge in [0.15, 0.2) is 0 Å². The first-order valence-corrected chi connectivity index (χ1v) is 6.64. The van der Waals surface area contributed by atoms with Crippen LogP contribution in [-0.2, 0) is 0 Å². The summed E-state index contributed by atoms with van der Waals surface area (Å²) in [5.74, 6) is 0.474. The molecule has 0 unspecified atom stereocenters. The molecule has 0 radical (unpaired) electrons. The van der Waals surface area contributed by atoms with Crippen molar-refractivity contribution in [3.8, 4) is 5.88 Å². The summed E-state index contributed by atoms with van der Waals surface area (Å²) >= 11 is 0. The topological polar surface area (TPSA) is 77.4 Å². The third kappa shape index (κ3) is 4.70. The summed E-state index contributed by atoms with van der Waals surface area (Å²) in [6, 6.07) is 1.67. The van der Waals surface area contributed by atoms with Gasteiger partial charge in [-0.3, -0.25) is 4.90 Å². The van der Waals surface area contributed by atoms with E-state index in [-0.39, 0.29) is 12.4 Å². The number of halogens is 1. The van der Waals surface area contributed by atoms with Crippen LogP contribution in [0.1, 0.15) is 0 Å². The average Bonchev–Trinajstić information content (AvgIpc) is 2.34. The number of ether oxygens (including phenoxy) is 1. The Hall–Kier alpha value is -1.24. The lowest BCUT2D eigenvalue weighted by molar-refractivity contribution is -0.894. The van der Waals surface area contributed by atoms with Crippen LogP contribution >= 0.6 is 0 Å². The molecule has 4 N–H and O–H groups in total. The van der Waals surface area contributed by atoms with Crippen LogP contribution in [0, 0.1) is 0 Å². The van der Waals surface area contributed by atoms with Crippen molar-refractivity contribution in [1.82, 2.24) is 9.88 Å². The number of nitrogen functional groups attached to an aromatic ring is 2. The Labute approximate surface area is 126 Å². The second-order valence-corrected chi connectivity index (χ2v) is 5.74. The lowest BCUT2D eigenvalue weighted by Crippen LogP contribution is -3.00. The van der Waals surface area contributed by atoms with Gasteiger partial charge in [0.25, 0.3) is 0 Å². The van der Waals surface area contributed by atoms with Gasteiger partial charge < -0.3 is 33.1 Å². The van der Waals surface area contributed by atoms with E-state index in [1.165, 1.54) is 13.1 Å². The summed E-state index contributed by atoms with van der Waals surface area (Å²) < 4.78 is 6.71. The first-order valence-electron chi connectivity index (χ1n) is 6.64. The van der Waals surface area contributed by atoms with E-state index in [9.17, 15) is 0 Å². The Morgan fingerprint density at radius 3 is 2.55 bits per heavy atom. The van der Waals surface area contributed by atoms with Crippen LogP contribution in [0.4, 0.5) is 11.4 Å². The van der Waals surface area contributed by atoms with Crippen LogP contribution in [0.25, 0.3) is 0 Å². The van der Waals surface area contributed by atoms with Gasteiger partial charge in [-0.15, -0.1) is 0 Å². The van der Waals surface area contributed by atoms with Gasteiger partial charge in [0.2, 0.25) is 5.88 Å². The maximum Gasteiger partial charge on any atom is 0.237 e. The summed E-state index contributed by atoms with van der Waals surface area (Å²) in [5, 5.41) is 0. The Bertz CT molecular complexity index is 431. The molecular formula is C13H24ClN5O. The minimum absolute atomic E-state index is 0. The fourth-order valence-electron chi connectivity index (χ4n) is 2.15. The van der Waals surface area contributed by atoms with E-state index in [4.69, 9.17) is 16.2 Å². The molecule has 1 fully saturated rings. The molecule has 0 amide bonds. The highest BCUT2D eigenvalue weighted by atomic mass is 35.5. The molecule has 114 valence electrons. The average molecular weight is 302 g/mol. The molecule has 1 aromatic rings. The van der Waals surface area contributed by atoms with Crippen molar-refractivity contribution in [2.45, 2.75) is 0 Å². The van der Waals surface area contributed by atoms with Gasteiger partial charge >= 0.3 is 0 Å². The molecule has 20 heavy (non-hydrogen) atoms. The maximum absolute atomic E-state index is 5.79. The zero-order chi connectivity index (χ0) is 13.9. The molecule has 1 saturated heterocycles. The van der Waals surface area contributed by atoms with Gasteiger partial charge in [0.05, 0.1) is 44.8 Å². The summed E-state index contributed by atoms with van der Waals surface area (Å²) in [5.41, 5.74) is 12.4. The minimum atomic E-state index is 0. The summed E-state index contributed by atoms with van der Waals surface area (Å²) in [6.07, 6.45) is 1.56. The van der Waals surface area contributed by atoms with Crippen molar-refractivity contribution < 1.29 is 21.6 Å². The van der Waals surface area contributed by atoms with Crippen molar-refractivity contribution in [3.05, 3.63) is 12.3 Å². The second-order valence-electron chi connectivity index (χ2n) is 5.74. The number of nitrogens with two attached hydrogens (primary N) is 2. The van der Waals surface area contributed by atoms with Crippen LogP contribution in [0.5, 0.6) is 5.88 Å². The molecule has 1 aromatic heterocycles. The normalized spacial score (nSPS) is 18.3. The number of hydrogen-bond acceptors (Lipinski definition) is 5. The van der Waals surface area contributed by atoms with Crippen LogP contribution in [0.2, 0.25) is 0 Å². The van der Waals surface area contributed by atoms with Gasteiger partial charge in [-0.1, -0.05) is 0 Å². The van der Waals surface area contributed by atoms with Gasteiger partial charge in [-0.05, 0) is 6.07 Å². The summed E-state index contributed by atoms with van der Waals surface area (Å²) in [4.78, 5) is 6.50. The Morgan fingerprint density at radius 1 is 1.30 bits per heavy atom. The largest absolute Gasteiger partial charge is 1.00 e. The third-order valence-corrected chi connectivity index (χ3v) is 3.59. The molecule has 6 nitrogen and oxygen atoms in total. The fraction of sp³-hybridized carbons (Fsp3) is 0.615. The monoisotopic (exact) mass is 301 g/mol. The van der Waals surface area contributed by atoms with Crippen LogP contribution in [0.15, 0.2) is 12.3 Å². The van der Waals surface area contributed by atoms with Crippen LogP contribution < -0.4 is 28.6 Å². The predicted molar refractivity (Wildman–Crippen MR) is 76.8 cm³/mol. The van der Waals surface area contributed by atoms with E-state index in [1.54, 1.807) is 12.3 Å². The lowest BCUT2D eigenvalue weighted by Gasteiger charge is -2.38. The zero-order valence-corrected chi connectivity index (χ0v) is 12.9. The fourth-order valence-corrected chi connectivity index (χ4v) is 2.15. The van der Waals surface area contributed by atoms with E-state index in [0.29, 0.717) is 23.9 Å². The van der Waals surface area contributed by atoms with Crippen molar-refractivity contribution in [2.75, 3.05) is 64.9 Å². The SMILES string of the molecule is C[N+]1(C)CCN(CCOc2ncc(N)cc2N)CC1.[Cl-]. The van der Waals surface area contributed by atoms with E-state index in [1.807, 2.05) is 0 Å². The quantitative estimate of drug-likeness (QED) is 0.581. The number of quaternary nitrogens is 1. The molecule has 1 aliphatic rings. The number of rotatable bonds is 4. The predicted octanol–water partition coefficient (Wildman–Crippen LogP) is -2.98. The highest BCUT2D eigenvalue weighted by Crippen LogP contribution is 2.19. The molecule has 0 atom stereocenters. The molecule has 2 heterocycles. The highest BCUT2D eigenvalue weighted by molar-refractivity contribution is 5.55. The zero-order valence-electron chi connectivity index (χ0n) is 12.2. The van der Waals surface area contributed by atoms with Crippen LogP contribution in [-0.4, -0.2) is 67.8 Å². The van der Waals surface area contributed by atoms with Crippen LogP contribution in [0.3, 0.4) is 0 Å². The minimum Gasteiger partial charge on any atom is -1.00 e. The van der Waals surface area contributed by atoms with E-state index in [2.05, 4.69) is 24.0 Å². The lowest BCUT2D eigenvalue weighted by atomic mass is 10.3.